The molecule has 2 aromatic carbocycles. The Morgan fingerprint density at radius 1 is 1.14 bits per heavy atom. The summed E-state index contributed by atoms with van der Waals surface area (Å²) < 4.78 is 33.1. The number of benzene rings is 2. The van der Waals surface area contributed by atoms with Crippen LogP contribution in [-0.2, 0) is 11.3 Å². The van der Waals surface area contributed by atoms with Crippen molar-refractivity contribution >= 4 is 23.6 Å². The molecule has 150 valence electrons. The molecule has 3 rings (SSSR count). The highest BCUT2D eigenvalue weighted by Gasteiger charge is 2.17. The molecule has 0 bridgehead atoms. The maximum atomic E-state index is 13.7. The first kappa shape index (κ1) is 20.7. The minimum Gasteiger partial charge on any atom is -0.419 e. The zero-order chi connectivity index (χ0) is 20.8. The molecule has 0 saturated carbocycles. The number of hydrogen-bond acceptors (Lipinski definition) is 4. The molecule has 0 atom stereocenters. The van der Waals surface area contributed by atoms with Crippen LogP contribution in [0.3, 0.4) is 0 Å². The number of carbonyl (C=O) groups excluding carboxylic acids is 1. The molecule has 0 spiro atoms. The average molecular weight is 418 g/mol. The van der Waals surface area contributed by atoms with E-state index in [0.29, 0.717) is 23.6 Å². The zero-order valence-electron chi connectivity index (χ0n) is 15.6. The summed E-state index contributed by atoms with van der Waals surface area (Å²) >= 11 is 6.14. The Kier molecular flexibility index (Phi) is 6.72. The van der Waals surface area contributed by atoms with Crippen molar-refractivity contribution in [3.05, 3.63) is 76.7 Å². The lowest BCUT2D eigenvalue weighted by molar-refractivity contribution is -0.126. The third kappa shape index (κ3) is 5.06. The third-order valence-corrected chi connectivity index (χ3v) is 4.42. The topological polar surface area (TPSA) is 59.2 Å². The summed E-state index contributed by atoms with van der Waals surface area (Å²) in [5.41, 5.74) is 0.326. The van der Waals surface area contributed by atoms with Crippen molar-refractivity contribution < 1.29 is 18.0 Å². The second kappa shape index (κ2) is 9.43. The molecule has 0 aliphatic heterocycles. The van der Waals surface area contributed by atoms with Crippen molar-refractivity contribution in [3.8, 4) is 11.5 Å². The van der Waals surface area contributed by atoms with Gasteiger partial charge in [-0.15, -0.1) is 10.2 Å². The standard InChI is InChI=1S/C21H18ClF2N3O2/c1-2-12-27(20(28)11-10-15-17(23)8-5-9-18(15)24)13-19-25-26-21(29-19)14-6-3-4-7-16(14)22/h3-11H,2,12-13H2,1H3/b11-10+. The minimum atomic E-state index is -0.739. The van der Waals surface area contributed by atoms with Gasteiger partial charge in [-0.2, -0.15) is 0 Å². The molecular weight excluding hydrogens is 400 g/mol. The van der Waals surface area contributed by atoms with Crippen LogP contribution in [-0.4, -0.2) is 27.5 Å². The van der Waals surface area contributed by atoms with E-state index in [1.54, 1.807) is 24.3 Å². The molecule has 8 heteroatoms. The summed E-state index contributed by atoms with van der Waals surface area (Å²) in [4.78, 5) is 14.0. The van der Waals surface area contributed by atoms with Gasteiger partial charge in [0, 0.05) is 18.2 Å². The van der Waals surface area contributed by atoms with Crippen LogP contribution in [0.5, 0.6) is 0 Å². The summed E-state index contributed by atoms with van der Waals surface area (Å²) in [6, 6.07) is 10.6. The van der Waals surface area contributed by atoms with Crippen molar-refractivity contribution in [1.29, 1.82) is 0 Å². The molecule has 1 aromatic heterocycles. The van der Waals surface area contributed by atoms with Gasteiger partial charge < -0.3 is 9.32 Å². The molecule has 0 N–H and O–H groups in total. The fraction of sp³-hybridized carbons (Fsp3) is 0.190. The first-order chi connectivity index (χ1) is 14.0. The first-order valence-corrected chi connectivity index (χ1v) is 9.35. The fourth-order valence-corrected chi connectivity index (χ4v) is 2.91. The van der Waals surface area contributed by atoms with Crippen molar-refractivity contribution in [1.82, 2.24) is 15.1 Å². The summed E-state index contributed by atoms with van der Waals surface area (Å²) in [5.74, 6) is -1.42. The van der Waals surface area contributed by atoms with Crippen LogP contribution in [0.1, 0.15) is 24.8 Å². The van der Waals surface area contributed by atoms with Gasteiger partial charge in [0.2, 0.25) is 17.7 Å². The van der Waals surface area contributed by atoms with Crippen LogP contribution in [0.15, 0.2) is 53.0 Å². The molecule has 0 aliphatic carbocycles. The quantitative estimate of drug-likeness (QED) is 0.500. The van der Waals surface area contributed by atoms with Gasteiger partial charge in [0.05, 0.1) is 17.1 Å². The maximum Gasteiger partial charge on any atom is 0.249 e. The molecule has 1 amide bonds. The second-order valence-electron chi connectivity index (χ2n) is 6.21. The smallest absolute Gasteiger partial charge is 0.249 e. The third-order valence-electron chi connectivity index (χ3n) is 4.09. The predicted octanol–water partition coefficient (Wildman–Crippen LogP) is 5.12. The van der Waals surface area contributed by atoms with Crippen molar-refractivity contribution in [2.24, 2.45) is 0 Å². The van der Waals surface area contributed by atoms with E-state index in [-0.39, 0.29) is 23.9 Å². The monoisotopic (exact) mass is 417 g/mol. The van der Waals surface area contributed by atoms with Gasteiger partial charge in [0.15, 0.2) is 0 Å². The number of halogens is 3. The van der Waals surface area contributed by atoms with Gasteiger partial charge in [0.25, 0.3) is 0 Å². The average Bonchev–Trinajstić information content (AvgIpc) is 3.16. The van der Waals surface area contributed by atoms with Gasteiger partial charge in [0.1, 0.15) is 11.6 Å². The lowest BCUT2D eigenvalue weighted by atomic mass is 10.2. The van der Waals surface area contributed by atoms with Gasteiger partial charge in [-0.1, -0.05) is 36.7 Å². The number of aromatic nitrogens is 2. The Hall–Kier alpha value is -3.06. The van der Waals surface area contributed by atoms with Crippen molar-refractivity contribution in [2.45, 2.75) is 19.9 Å². The van der Waals surface area contributed by atoms with E-state index < -0.39 is 17.5 Å². The normalized spacial score (nSPS) is 11.2. The Bertz CT molecular complexity index is 1020. The highest BCUT2D eigenvalue weighted by atomic mass is 35.5. The van der Waals surface area contributed by atoms with E-state index in [9.17, 15) is 13.6 Å². The number of amides is 1. The molecule has 3 aromatic rings. The Labute approximate surface area is 171 Å². The molecule has 0 aliphatic rings. The molecule has 0 saturated heterocycles. The van der Waals surface area contributed by atoms with E-state index in [1.807, 2.05) is 6.92 Å². The minimum absolute atomic E-state index is 0.0637. The number of rotatable bonds is 7. The molecule has 29 heavy (non-hydrogen) atoms. The SMILES string of the molecule is CCCN(Cc1nnc(-c2ccccc2Cl)o1)C(=O)/C=C/c1c(F)cccc1F. The predicted molar refractivity (Wildman–Crippen MR) is 106 cm³/mol. The summed E-state index contributed by atoms with van der Waals surface area (Å²) in [6.07, 6.45) is 2.93. The van der Waals surface area contributed by atoms with Crippen LogP contribution < -0.4 is 0 Å². The molecular formula is C21H18ClF2N3O2. The largest absolute Gasteiger partial charge is 0.419 e. The molecule has 1 heterocycles. The van der Waals surface area contributed by atoms with Crippen LogP contribution in [0.25, 0.3) is 17.5 Å². The number of hydrogen-bond donors (Lipinski definition) is 0. The van der Waals surface area contributed by atoms with E-state index in [0.717, 1.165) is 24.3 Å². The van der Waals surface area contributed by atoms with Crippen LogP contribution in [0, 0.1) is 11.6 Å². The van der Waals surface area contributed by atoms with Gasteiger partial charge in [-0.25, -0.2) is 8.78 Å². The van der Waals surface area contributed by atoms with E-state index in [4.69, 9.17) is 16.0 Å². The molecule has 0 unspecified atom stereocenters. The fourth-order valence-electron chi connectivity index (χ4n) is 2.69. The van der Waals surface area contributed by atoms with Crippen LogP contribution in [0.4, 0.5) is 8.78 Å². The van der Waals surface area contributed by atoms with Crippen LogP contribution in [0.2, 0.25) is 5.02 Å². The second-order valence-corrected chi connectivity index (χ2v) is 6.62. The lowest BCUT2D eigenvalue weighted by Gasteiger charge is -2.18. The Morgan fingerprint density at radius 2 is 1.86 bits per heavy atom. The van der Waals surface area contributed by atoms with Crippen molar-refractivity contribution in [2.75, 3.05) is 6.54 Å². The van der Waals surface area contributed by atoms with Gasteiger partial charge in [-0.05, 0) is 36.8 Å². The molecule has 5 nitrogen and oxygen atoms in total. The lowest BCUT2D eigenvalue weighted by Crippen LogP contribution is -2.29. The molecule has 0 radical (unpaired) electrons. The zero-order valence-corrected chi connectivity index (χ0v) is 16.4. The van der Waals surface area contributed by atoms with E-state index >= 15 is 0 Å². The van der Waals surface area contributed by atoms with Gasteiger partial charge in [-0.3, -0.25) is 4.79 Å². The van der Waals surface area contributed by atoms with Crippen molar-refractivity contribution in [3.63, 3.8) is 0 Å². The molecule has 0 fully saturated rings. The summed E-state index contributed by atoms with van der Waals surface area (Å²) in [5, 5.41) is 8.42. The van der Waals surface area contributed by atoms with E-state index in [1.165, 1.54) is 11.0 Å². The highest BCUT2D eigenvalue weighted by molar-refractivity contribution is 6.33. The Morgan fingerprint density at radius 3 is 2.55 bits per heavy atom. The number of carbonyl (C=O) groups is 1. The van der Waals surface area contributed by atoms with Gasteiger partial charge >= 0.3 is 0 Å². The first-order valence-electron chi connectivity index (χ1n) is 8.98. The van der Waals surface area contributed by atoms with Crippen LogP contribution >= 0.6 is 11.6 Å². The highest BCUT2D eigenvalue weighted by Crippen LogP contribution is 2.26. The Balaban J connectivity index is 1.76. The summed E-state index contributed by atoms with van der Waals surface area (Å²) in [6.45, 7) is 2.38. The maximum absolute atomic E-state index is 13.7. The summed E-state index contributed by atoms with van der Waals surface area (Å²) in [7, 11) is 0. The number of nitrogens with zero attached hydrogens (tertiary/aromatic N) is 3. The van der Waals surface area contributed by atoms with E-state index in [2.05, 4.69) is 10.2 Å².